The maximum atomic E-state index is 12.7. The molecule has 32 heavy (non-hydrogen) atoms. The monoisotopic (exact) mass is 451 g/mol. The van der Waals surface area contributed by atoms with E-state index in [9.17, 15) is 18.5 Å². The Hall–Kier alpha value is -3.12. The number of benzene rings is 1. The molecular weight excluding hydrogens is 426 g/mol. The normalized spacial score (nSPS) is 23.5. The molecule has 8 nitrogen and oxygen atoms in total. The number of aromatic amines is 1. The van der Waals surface area contributed by atoms with Crippen LogP contribution in [0.15, 0.2) is 40.2 Å². The smallest absolute Gasteiger partial charge is 0.261 e. The lowest BCUT2D eigenvalue weighted by Gasteiger charge is -2.27. The van der Waals surface area contributed by atoms with Crippen LogP contribution >= 0.6 is 0 Å². The van der Waals surface area contributed by atoms with Crippen molar-refractivity contribution in [3.63, 3.8) is 0 Å². The third kappa shape index (κ3) is 3.05. The first-order valence-electron chi connectivity index (χ1n) is 10.9. The Kier molecular flexibility index (Phi) is 4.67. The Labute approximate surface area is 186 Å². The minimum atomic E-state index is -3.37. The third-order valence-electron chi connectivity index (χ3n) is 6.80. The zero-order valence-corrected chi connectivity index (χ0v) is 18.9. The van der Waals surface area contributed by atoms with Crippen molar-refractivity contribution in [1.82, 2.24) is 14.8 Å². The second-order valence-electron chi connectivity index (χ2n) is 9.34. The number of anilines is 2. The summed E-state index contributed by atoms with van der Waals surface area (Å²) in [4.78, 5) is 15.8. The quantitative estimate of drug-likeness (QED) is 0.624. The van der Waals surface area contributed by atoms with E-state index in [4.69, 9.17) is 5.10 Å². The summed E-state index contributed by atoms with van der Waals surface area (Å²) in [6, 6.07) is 9.29. The predicted molar refractivity (Wildman–Crippen MR) is 122 cm³/mol. The number of nitriles is 1. The topological polar surface area (TPSA) is 121 Å². The van der Waals surface area contributed by atoms with Crippen molar-refractivity contribution < 1.29 is 8.42 Å². The number of hydrogen-bond acceptors (Lipinski definition) is 6. The van der Waals surface area contributed by atoms with Gasteiger partial charge in [-0.15, -0.1) is 0 Å². The molecule has 1 aromatic carbocycles. The summed E-state index contributed by atoms with van der Waals surface area (Å²) in [6.07, 6.45) is 5.73. The van der Waals surface area contributed by atoms with E-state index in [0.717, 1.165) is 31.2 Å². The Morgan fingerprint density at radius 3 is 2.81 bits per heavy atom. The van der Waals surface area contributed by atoms with Gasteiger partial charge >= 0.3 is 0 Å². The third-order valence-corrected chi connectivity index (χ3v) is 9.37. The molecule has 3 aromatic rings. The summed E-state index contributed by atoms with van der Waals surface area (Å²) < 4.78 is 26.4. The largest absolute Gasteiger partial charge is 0.338 e. The number of H-pyrrole nitrogens is 1. The van der Waals surface area contributed by atoms with Crippen LogP contribution in [0.25, 0.3) is 10.9 Å². The average Bonchev–Trinajstić information content (AvgIpc) is 3.20. The lowest BCUT2D eigenvalue weighted by atomic mass is 9.85. The fourth-order valence-corrected chi connectivity index (χ4v) is 6.70. The highest BCUT2D eigenvalue weighted by Crippen LogP contribution is 2.41. The van der Waals surface area contributed by atoms with Crippen LogP contribution in [-0.4, -0.2) is 27.9 Å². The zero-order valence-electron chi connectivity index (χ0n) is 18.1. The molecule has 2 aliphatic rings. The number of fused-ring (bicyclic) bond motifs is 2. The molecule has 0 spiro atoms. The van der Waals surface area contributed by atoms with Crippen molar-refractivity contribution in [2.45, 2.75) is 61.6 Å². The molecule has 0 bridgehead atoms. The van der Waals surface area contributed by atoms with Crippen LogP contribution in [0, 0.1) is 17.2 Å². The molecule has 1 fully saturated rings. The van der Waals surface area contributed by atoms with Crippen molar-refractivity contribution in [3.8, 4) is 6.07 Å². The van der Waals surface area contributed by atoms with Gasteiger partial charge in [0.25, 0.3) is 5.56 Å². The first-order valence-corrected chi connectivity index (χ1v) is 12.4. The standard InChI is InChI=1S/C23H25N5O3S/c1-23(2)12-15-11-16(7-8-19(15)32(23,30)31)26-21-20-18(9-10-25-22(20)29)28(27-21)17-6-4-3-5-14(17)13-24/h7-11,14,17H,3-6,12H2,1-2H3,(H,25,29)(H,26,27). The molecule has 2 unspecified atom stereocenters. The Balaban J connectivity index is 1.58. The van der Waals surface area contributed by atoms with E-state index in [-0.39, 0.29) is 17.5 Å². The van der Waals surface area contributed by atoms with Gasteiger partial charge in [-0.2, -0.15) is 10.4 Å². The summed E-state index contributed by atoms with van der Waals surface area (Å²) in [7, 11) is -3.37. The second kappa shape index (κ2) is 7.20. The van der Waals surface area contributed by atoms with E-state index >= 15 is 0 Å². The van der Waals surface area contributed by atoms with E-state index < -0.39 is 14.6 Å². The first-order chi connectivity index (χ1) is 15.2. The van der Waals surface area contributed by atoms with Gasteiger partial charge in [0.1, 0.15) is 5.39 Å². The highest BCUT2D eigenvalue weighted by Gasteiger charge is 2.43. The summed E-state index contributed by atoms with van der Waals surface area (Å²) >= 11 is 0. The molecule has 2 aromatic heterocycles. The fourth-order valence-electron chi connectivity index (χ4n) is 5.04. The number of aromatic nitrogens is 3. The molecule has 2 N–H and O–H groups in total. The van der Waals surface area contributed by atoms with Gasteiger partial charge in [-0.3, -0.25) is 9.48 Å². The molecule has 9 heteroatoms. The van der Waals surface area contributed by atoms with Crippen molar-refractivity contribution >= 4 is 32.2 Å². The van der Waals surface area contributed by atoms with Gasteiger partial charge in [0, 0.05) is 11.9 Å². The average molecular weight is 452 g/mol. The van der Waals surface area contributed by atoms with Crippen LogP contribution in [0.4, 0.5) is 11.5 Å². The number of nitrogens with one attached hydrogen (secondary N) is 2. The molecule has 1 saturated carbocycles. The minimum absolute atomic E-state index is 0.0837. The first kappa shape index (κ1) is 20.8. The van der Waals surface area contributed by atoms with Crippen LogP contribution in [0.1, 0.15) is 51.1 Å². The van der Waals surface area contributed by atoms with Crippen molar-refractivity contribution in [2.24, 2.45) is 5.92 Å². The SMILES string of the molecule is CC1(C)Cc2cc(Nc3nn(C4CCCCC4C#N)c4cc[nH]c(=O)c34)ccc2S1(=O)=O. The van der Waals surface area contributed by atoms with Crippen LogP contribution < -0.4 is 10.9 Å². The van der Waals surface area contributed by atoms with Gasteiger partial charge in [-0.05, 0) is 62.9 Å². The summed E-state index contributed by atoms with van der Waals surface area (Å²) in [5, 5.41) is 18.0. The molecule has 3 heterocycles. The van der Waals surface area contributed by atoms with Crippen LogP contribution in [-0.2, 0) is 16.3 Å². The second-order valence-corrected chi connectivity index (χ2v) is 11.9. The van der Waals surface area contributed by atoms with E-state index in [1.54, 1.807) is 32.2 Å². The van der Waals surface area contributed by atoms with E-state index in [1.165, 1.54) is 0 Å². The Morgan fingerprint density at radius 2 is 2.03 bits per heavy atom. The van der Waals surface area contributed by atoms with Gasteiger partial charge in [0.2, 0.25) is 0 Å². The summed E-state index contributed by atoms with van der Waals surface area (Å²) in [5.74, 6) is 0.260. The van der Waals surface area contributed by atoms with E-state index in [0.29, 0.717) is 33.7 Å². The molecule has 0 saturated heterocycles. The molecule has 0 radical (unpaired) electrons. The van der Waals surface area contributed by atoms with E-state index in [1.807, 2.05) is 16.8 Å². The lowest BCUT2D eigenvalue weighted by Crippen LogP contribution is -2.27. The summed E-state index contributed by atoms with van der Waals surface area (Å²) in [5.41, 5.74) is 1.86. The van der Waals surface area contributed by atoms with Crippen molar-refractivity contribution in [3.05, 3.63) is 46.4 Å². The van der Waals surface area contributed by atoms with Gasteiger partial charge in [-0.25, -0.2) is 8.42 Å². The highest BCUT2D eigenvalue weighted by atomic mass is 32.2. The van der Waals surface area contributed by atoms with Gasteiger partial charge in [-0.1, -0.05) is 12.8 Å². The Bertz CT molecular complexity index is 1430. The fraction of sp³-hybridized carbons (Fsp3) is 0.435. The number of hydrogen-bond donors (Lipinski definition) is 2. The molecule has 5 rings (SSSR count). The lowest BCUT2D eigenvalue weighted by molar-refractivity contribution is 0.277. The number of sulfone groups is 1. The molecule has 1 aliphatic carbocycles. The predicted octanol–water partition coefficient (Wildman–Crippen LogP) is 3.83. The van der Waals surface area contributed by atoms with Gasteiger partial charge in [0.05, 0.1) is 33.2 Å². The maximum absolute atomic E-state index is 12.7. The summed E-state index contributed by atoms with van der Waals surface area (Å²) in [6.45, 7) is 3.47. The number of rotatable bonds is 3. The molecule has 166 valence electrons. The van der Waals surface area contributed by atoms with E-state index in [2.05, 4.69) is 16.4 Å². The van der Waals surface area contributed by atoms with Gasteiger partial charge < -0.3 is 10.3 Å². The maximum Gasteiger partial charge on any atom is 0.261 e. The molecule has 2 atom stereocenters. The van der Waals surface area contributed by atoms with Crippen LogP contribution in [0.2, 0.25) is 0 Å². The van der Waals surface area contributed by atoms with Crippen molar-refractivity contribution in [1.29, 1.82) is 5.26 Å². The van der Waals surface area contributed by atoms with Crippen LogP contribution in [0.5, 0.6) is 0 Å². The number of pyridine rings is 1. The minimum Gasteiger partial charge on any atom is -0.338 e. The molecule has 1 aliphatic heterocycles. The number of nitrogens with zero attached hydrogens (tertiary/aromatic N) is 3. The van der Waals surface area contributed by atoms with Crippen LogP contribution in [0.3, 0.4) is 0 Å². The highest BCUT2D eigenvalue weighted by molar-refractivity contribution is 7.93. The Morgan fingerprint density at radius 1 is 1.25 bits per heavy atom. The van der Waals surface area contributed by atoms with Crippen molar-refractivity contribution in [2.75, 3.05) is 5.32 Å². The van der Waals surface area contributed by atoms with Gasteiger partial charge in [0.15, 0.2) is 15.7 Å². The zero-order chi connectivity index (χ0) is 22.7. The molecular formula is C23H25N5O3S. The molecule has 0 amide bonds.